The number of sulfonamides is 1. The fourth-order valence-corrected chi connectivity index (χ4v) is 4.08. The van der Waals surface area contributed by atoms with Gasteiger partial charge in [-0.2, -0.15) is 0 Å². The Morgan fingerprint density at radius 2 is 2.05 bits per heavy atom. The summed E-state index contributed by atoms with van der Waals surface area (Å²) in [6.45, 7) is 5.84. The number of hydrogen-bond acceptors (Lipinski definition) is 4. The smallest absolute Gasteiger partial charge is 0.242 e. The Balaban J connectivity index is 2.37. The molecule has 0 bridgehead atoms. The van der Waals surface area contributed by atoms with Gasteiger partial charge in [0.05, 0.1) is 5.69 Å². The zero-order valence-corrected chi connectivity index (χ0v) is 12.9. The zero-order chi connectivity index (χ0) is 14.8. The summed E-state index contributed by atoms with van der Waals surface area (Å²) in [4.78, 5) is 2.42. The molecule has 1 aliphatic heterocycles. The number of piperidine rings is 1. The van der Waals surface area contributed by atoms with Crippen LogP contribution in [0.2, 0.25) is 0 Å². The standard InChI is InChI=1S/C14H23N3O2S/c1-3-16-20(18,19)14-7-5-4-6-13(14)17-9-11(2)8-12(15)10-17/h4-7,11-12,16H,3,8-10,15H2,1-2H3. The molecule has 0 amide bonds. The van der Waals surface area contributed by atoms with E-state index in [1.165, 1.54) is 0 Å². The molecule has 2 rings (SSSR count). The maximum Gasteiger partial charge on any atom is 0.242 e. The highest BCUT2D eigenvalue weighted by atomic mass is 32.2. The van der Waals surface area contributed by atoms with Gasteiger partial charge in [-0.15, -0.1) is 0 Å². The maximum atomic E-state index is 12.3. The Hall–Kier alpha value is -1.11. The first-order valence-corrected chi connectivity index (χ1v) is 8.51. The van der Waals surface area contributed by atoms with Gasteiger partial charge >= 0.3 is 0 Å². The van der Waals surface area contributed by atoms with Gasteiger partial charge in [-0.1, -0.05) is 26.0 Å². The van der Waals surface area contributed by atoms with Gasteiger partial charge in [0.2, 0.25) is 10.0 Å². The summed E-state index contributed by atoms with van der Waals surface area (Å²) in [5.41, 5.74) is 6.81. The van der Waals surface area contributed by atoms with E-state index < -0.39 is 10.0 Å². The van der Waals surface area contributed by atoms with Gasteiger partial charge in [0.25, 0.3) is 0 Å². The number of nitrogens with one attached hydrogen (secondary N) is 1. The largest absolute Gasteiger partial charge is 0.369 e. The zero-order valence-electron chi connectivity index (χ0n) is 12.0. The number of para-hydroxylation sites is 1. The lowest BCUT2D eigenvalue weighted by molar-refractivity contribution is 0.400. The maximum absolute atomic E-state index is 12.3. The van der Waals surface area contributed by atoms with E-state index in [0.29, 0.717) is 23.9 Å². The van der Waals surface area contributed by atoms with E-state index in [1.807, 2.05) is 12.1 Å². The van der Waals surface area contributed by atoms with Crippen molar-refractivity contribution in [3.63, 3.8) is 0 Å². The van der Waals surface area contributed by atoms with Crippen LogP contribution in [0.3, 0.4) is 0 Å². The number of rotatable bonds is 4. The molecule has 0 aromatic heterocycles. The highest BCUT2D eigenvalue weighted by Gasteiger charge is 2.26. The molecule has 2 atom stereocenters. The summed E-state index contributed by atoms with van der Waals surface area (Å²) in [5, 5.41) is 0. The topological polar surface area (TPSA) is 75.4 Å². The second kappa shape index (κ2) is 6.11. The molecule has 1 aromatic rings. The van der Waals surface area contributed by atoms with E-state index in [1.54, 1.807) is 19.1 Å². The molecule has 6 heteroatoms. The van der Waals surface area contributed by atoms with E-state index in [-0.39, 0.29) is 6.04 Å². The molecule has 1 saturated heterocycles. The molecule has 1 fully saturated rings. The minimum Gasteiger partial charge on any atom is -0.369 e. The molecule has 5 nitrogen and oxygen atoms in total. The Morgan fingerprint density at radius 1 is 1.35 bits per heavy atom. The molecular formula is C14H23N3O2S. The van der Waals surface area contributed by atoms with Crippen molar-refractivity contribution < 1.29 is 8.42 Å². The number of benzene rings is 1. The average Bonchev–Trinajstić information content (AvgIpc) is 2.37. The molecule has 1 heterocycles. The molecule has 0 spiro atoms. The summed E-state index contributed by atoms with van der Waals surface area (Å²) in [6, 6.07) is 7.22. The van der Waals surface area contributed by atoms with Gasteiger partial charge < -0.3 is 10.6 Å². The molecule has 1 aromatic carbocycles. The van der Waals surface area contributed by atoms with Crippen molar-refractivity contribution in [3.05, 3.63) is 24.3 Å². The molecule has 0 aliphatic carbocycles. The first kappa shape index (κ1) is 15.3. The molecule has 0 radical (unpaired) electrons. The van der Waals surface area contributed by atoms with Crippen LogP contribution in [0.1, 0.15) is 20.3 Å². The molecule has 2 unspecified atom stereocenters. The number of anilines is 1. The summed E-state index contributed by atoms with van der Waals surface area (Å²) in [7, 11) is -3.46. The van der Waals surface area contributed by atoms with Crippen molar-refractivity contribution in [3.8, 4) is 0 Å². The highest BCUT2D eigenvalue weighted by molar-refractivity contribution is 7.89. The third-order valence-corrected chi connectivity index (χ3v) is 5.11. The average molecular weight is 297 g/mol. The van der Waals surface area contributed by atoms with Crippen LogP contribution < -0.4 is 15.4 Å². The van der Waals surface area contributed by atoms with E-state index in [9.17, 15) is 8.42 Å². The molecule has 3 N–H and O–H groups in total. The van der Waals surface area contributed by atoms with E-state index in [4.69, 9.17) is 5.73 Å². The van der Waals surface area contributed by atoms with E-state index in [0.717, 1.165) is 18.7 Å². The molecule has 112 valence electrons. The Bertz CT molecular complexity index is 549. The summed E-state index contributed by atoms with van der Waals surface area (Å²) >= 11 is 0. The van der Waals surface area contributed by atoms with E-state index in [2.05, 4.69) is 16.5 Å². The molecular weight excluding hydrogens is 274 g/mol. The first-order valence-electron chi connectivity index (χ1n) is 7.03. The predicted molar refractivity (Wildman–Crippen MR) is 81.3 cm³/mol. The monoisotopic (exact) mass is 297 g/mol. The fraction of sp³-hybridized carbons (Fsp3) is 0.571. The molecule has 20 heavy (non-hydrogen) atoms. The highest BCUT2D eigenvalue weighted by Crippen LogP contribution is 2.28. The van der Waals surface area contributed by atoms with Gasteiger partial charge in [-0.25, -0.2) is 13.1 Å². The van der Waals surface area contributed by atoms with Crippen molar-refractivity contribution >= 4 is 15.7 Å². The van der Waals surface area contributed by atoms with Crippen LogP contribution in [0, 0.1) is 5.92 Å². The Labute approximate surface area is 121 Å². The van der Waals surface area contributed by atoms with Gasteiger partial charge in [-0.3, -0.25) is 0 Å². The lowest BCUT2D eigenvalue weighted by atomic mass is 9.96. The number of hydrogen-bond donors (Lipinski definition) is 2. The minimum atomic E-state index is -3.46. The third kappa shape index (κ3) is 3.31. The van der Waals surface area contributed by atoms with Crippen LogP contribution in [0.5, 0.6) is 0 Å². The van der Waals surface area contributed by atoms with Gasteiger partial charge in [0.15, 0.2) is 0 Å². The Kier molecular flexibility index (Phi) is 4.67. The number of nitrogens with zero attached hydrogens (tertiary/aromatic N) is 1. The SMILES string of the molecule is CCNS(=O)(=O)c1ccccc1N1CC(C)CC(N)C1. The van der Waals surface area contributed by atoms with E-state index >= 15 is 0 Å². The van der Waals surface area contributed by atoms with Crippen LogP contribution >= 0.6 is 0 Å². The van der Waals surface area contributed by atoms with Gasteiger partial charge in [0, 0.05) is 25.7 Å². The van der Waals surface area contributed by atoms with Gasteiger partial charge in [0.1, 0.15) is 4.90 Å². The summed E-state index contributed by atoms with van der Waals surface area (Å²) in [6.07, 6.45) is 0.985. The van der Waals surface area contributed by atoms with Crippen LogP contribution in [-0.2, 0) is 10.0 Å². The second-order valence-electron chi connectivity index (χ2n) is 5.47. The van der Waals surface area contributed by atoms with Gasteiger partial charge in [-0.05, 0) is 24.5 Å². The lowest BCUT2D eigenvalue weighted by Crippen LogP contribution is -2.47. The third-order valence-electron chi connectivity index (χ3n) is 3.52. The van der Waals surface area contributed by atoms with Crippen molar-refractivity contribution in [1.29, 1.82) is 0 Å². The molecule has 1 aliphatic rings. The van der Waals surface area contributed by atoms with Crippen LogP contribution in [0.4, 0.5) is 5.69 Å². The minimum absolute atomic E-state index is 0.0913. The van der Waals surface area contributed by atoms with Crippen molar-refractivity contribution in [2.75, 3.05) is 24.5 Å². The van der Waals surface area contributed by atoms with Crippen LogP contribution in [-0.4, -0.2) is 34.1 Å². The van der Waals surface area contributed by atoms with Crippen molar-refractivity contribution in [2.45, 2.75) is 31.2 Å². The summed E-state index contributed by atoms with van der Waals surface area (Å²) in [5.74, 6) is 0.466. The van der Waals surface area contributed by atoms with Crippen molar-refractivity contribution in [2.24, 2.45) is 11.7 Å². The van der Waals surface area contributed by atoms with Crippen LogP contribution in [0.25, 0.3) is 0 Å². The normalized spacial score (nSPS) is 23.9. The van der Waals surface area contributed by atoms with Crippen molar-refractivity contribution in [1.82, 2.24) is 4.72 Å². The predicted octanol–water partition coefficient (Wildman–Crippen LogP) is 1.16. The quantitative estimate of drug-likeness (QED) is 0.874. The Morgan fingerprint density at radius 3 is 2.70 bits per heavy atom. The summed E-state index contributed by atoms with van der Waals surface area (Å²) < 4.78 is 27.1. The first-order chi connectivity index (χ1) is 9.44. The second-order valence-corrected chi connectivity index (χ2v) is 7.21. The lowest BCUT2D eigenvalue weighted by Gasteiger charge is -2.37. The fourth-order valence-electron chi connectivity index (χ4n) is 2.81. The molecule has 0 saturated carbocycles. The van der Waals surface area contributed by atoms with Crippen LogP contribution in [0.15, 0.2) is 29.2 Å². The number of nitrogens with two attached hydrogens (primary N) is 1.